The van der Waals surface area contributed by atoms with E-state index in [2.05, 4.69) is 10.8 Å². The molecule has 90 valence electrons. The first kappa shape index (κ1) is 12.0. The fraction of sp³-hybridized carbons (Fsp3) is 0.857. The van der Waals surface area contributed by atoms with Gasteiger partial charge >= 0.3 is 0 Å². The number of nitrogens with two attached hydrogens (primary N) is 1. The first-order valence-corrected chi connectivity index (χ1v) is 6.69. The van der Waals surface area contributed by atoms with Crippen LogP contribution in [0.25, 0.3) is 0 Å². The van der Waals surface area contributed by atoms with Crippen molar-refractivity contribution >= 4 is 0 Å². The first-order chi connectivity index (χ1) is 7.83. The molecule has 0 aromatic heterocycles. The zero-order chi connectivity index (χ0) is 11.4. The maximum atomic E-state index is 5.83. The minimum absolute atomic E-state index is 0.750. The summed E-state index contributed by atoms with van der Waals surface area (Å²) in [7, 11) is 0. The second-order valence-corrected chi connectivity index (χ2v) is 5.53. The molecule has 0 radical (unpaired) electrons. The molecule has 0 saturated heterocycles. The van der Waals surface area contributed by atoms with E-state index in [9.17, 15) is 0 Å². The van der Waals surface area contributed by atoms with Crippen molar-refractivity contribution in [3.05, 3.63) is 0 Å². The third-order valence-electron chi connectivity index (χ3n) is 4.14. The highest BCUT2D eigenvalue weighted by molar-refractivity contribution is 4.92. The smallest absolute Gasteiger partial charge is 0.0599 e. The maximum Gasteiger partial charge on any atom is 0.0599 e. The fourth-order valence-electron chi connectivity index (χ4n) is 2.99. The Kier molecular flexibility index (Phi) is 4.26. The van der Waals surface area contributed by atoms with E-state index in [0.29, 0.717) is 0 Å². The van der Waals surface area contributed by atoms with Crippen LogP contribution in [0.3, 0.4) is 0 Å². The van der Waals surface area contributed by atoms with Crippen LogP contribution in [0.1, 0.15) is 32.1 Å². The van der Waals surface area contributed by atoms with Crippen LogP contribution in [0, 0.1) is 30.1 Å². The van der Waals surface area contributed by atoms with Gasteiger partial charge in [-0.3, -0.25) is 4.90 Å². The largest absolute Gasteiger partial charge is 0.330 e. The molecule has 2 heteroatoms. The second kappa shape index (κ2) is 5.70. The molecule has 0 aliphatic heterocycles. The quantitative estimate of drug-likeness (QED) is 0.690. The van der Waals surface area contributed by atoms with Gasteiger partial charge < -0.3 is 5.73 Å². The summed E-state index contributed by atoms with van der Waals surface area (Å²) in [6, 6.07) is 0. The molecular weight excluding hydrogens is 196 g/mol. The molecule has 2 nitrogen and oxygen atoms in total. The van der Waals surface area contributed by atoms with Gasteiger partial charge in [0.15, 0.2) is 0 Å². The van der Waals surface area contributed by atoms with Crippen LogP contribution >= 0.6 is 0 Å². The van der Waals surface area contributed by atoms with E-state index in [4.69, 9.17) is 12.2 Å². The summed E-state index contributed by atoms with van der Waals surface area (Å²) in [4.78, 5) is 2.48. The van der Waals surface area contributed by atoms with Gasteiger partial charge in [-0.25, -0.2) is 0 Å². The van der Waals surface area contributed by atoms with E-state index in [1.165, 1.54) is 45.2 Å². The number of terminal acetylenes is 1. The molecule has 16 heavy (non-hydrogen) atoms. The topological polar surface area (TPSA) is 29.3 Å². The van der Waals surface area contributed by atoms with Crippen molar-refractivity contribution in [1.82, 2.24) is 4.90 Å². The molecule has 2 N–H and O–H groups in total. The Morgan fingerprint density at radius 3 is 2.50 bits per heavy atom. The van der Waals surface area contributed by atoms with Crippen LogP contribution in [0.15, 0.2) is 0 Å². The van der Waals surface area contributed by atoms with Gasteiger partial charge in [0.2, 0.25) is 0 Å². The maximum absolute atomic E-state index is 5.83. The standard InChI is InChI=1S/C14H24N2/c1-2-8-16(10-12-6-7-12)11-14-5-3-4-13(14)9-15/h1,12-14H,3-11,15H2. The molecule has 0 spiro atoms. The molecular formula is C14H24N2. The van der Waals surface area contributed by atoms with Gasteiger partial charge in [-0.1, -0.05) is 12.3 Å². The van der Waals surface area contributed by atoms with Gasteiger partial charge in [0.05, 0.1) is 6.54 Å². The highest BCUT2D eigenvalue weighted by atomic mass is 15.1. The number of rotatable bonds is 6. The third kappa shape index (κ3) is 3.23. The lowest BCUT2D eigenvalue weighted by Crippen LogP contribution is -2.34. The van der Waals surface area contributed by atoms with Gasteiger partial charge in [-0.05, 0) is 50.0 Å². The fourth-order valence-corrected chi connectivity index (χ4v) is 2.99. The summed E-state index contributed by atoms with van der Waals surface area (Å²) in [5, 5.41) is 0. The van der Waals surface area contributed by atoms with Crippen LogP contribution in [-0.2, 0) is 0 Å². The molecule has 2 rings (SSSR count). The Morgan fingerprint density at radius 1 is 1.12 bits per heavy atom. The van der Waals surface area contributed by atoms with Crippen LogP contribution in [0.2, 0.25) is 0 Å². The summed E-state index contributed by atoms with van der Waals surface area (Å²) in [6.45, 7) is 4.09. The molecule has 0 aromatic rings. The minimum Gasteiger partial charge on any atom is -0.330 e. The Bertz CT molecular complexity index is 252. The molecule has 0 aromatic carbocycles. The van der Waals surface area contributed by atoms with Crippen molar-refractivity contribution in [2.75, 3.05) is 26.2 Å². The molecule has 2 aliphatic rings. The van der Waals surface area contributed by atoms with Gasteiger partial charge in [-0.2, -0.15) is 0 Å². The lowest BCUT2D eigenvalue weighted by atomic mass is 9.95. The number of hydrogen-bond donors (Lipinski definition) is 1. The van der Waals surface area contributed by atoms with E-state index < -0.39 is 0 Å². The van der Waals surface area contributed by atoms with Crippen molar-refractivity contribution in [1.29, 1.82) is 0 Å². The highest BCUT2D eigenvalue weighted by Gasteiger charge is 2.30. The average molecular weight is 220 g/mol. The number of nitrogens with zero attached hydrogens (tertiary/aromatic N) is 1. The van der Waals surface area contributed by atoms with Crippen LogP contribution in [0.5, 0.6) is 0 Å². The number of hydrogen-bond acceptors (Lipinski definition) is 2. The Morgan fingerprint density at radius 2 is 1.88 bits per heavy atom. The van der Waals surface area contributed by atoms with Gasteiger partial charge in [0.25, 0.3) is 0 Å². The first-order valence-electron chi connectivity index (χ1n) is 6.69. The summed E-state index contributed by atoms with van der Waals surface area (Å²) in [6.07, 6.45) is 12.3. The summed E-state index contributed by atoms with van der Waals surface area (Å²) in [5.41, 5.74) is 5.83. The van der Waals surface area contributed by atoms with E-state index in [1.807, 2.05) is 0 Å². The van der Waals surface area contributed by atoms with E-state index in [1.54, 1.807) is 0 Å². The lowest BCUT2D eigenvalue weighted by Gasteiger charge is -2.26. The predicted molar refractivity (Wildman–Crippen MR) is 67.9 cm³/mol. The molecule has 0 heterocycles. The van der Waals surface area contributed by atoms with Crippen molar-refractivity contribution < 1.29 is 0 Å². The van der Waals surface area contributed by atoms with Crippen LogP contribution in [0.4, 0.5) is 0 Å². The Hall–Kier alpha value is -0.520. The molecule has 2 saturated carbocycles. The normalized spacial score (nSPS) is 29.6. The monoisotopic (exact) mass is 220 g/mol. The summed E-state index contributed by atoms with van der Waals surface area (Å²) >= 11 is 0. The molecule has 2 unspecified atom stereocenters. The van der Waals surface area contributed by atoms with Crippen LogP contribution in [-0.4, -0.2) is 31.1 Å². The SMILES string of the molecule is C#CCN(CC1CC1)CC1CCCC1CN. The van der Waals surface area contributed by atoms with Crippen molar-refractivity contribution in [3.63, 3.8) is 0 Å². The second-order valence-electron chi connectivity index (χ2n) is 5.53. The van der Waals surface area contributed by atoms with Gasteiger partial charge in [0, 0.05) is 13.1 Å². The average Bonchev–Trinajstić information content (AvgIpc) is 2.96. The van der Waals surface area contributed by atoms with Crippen molar-refractivity contribution in [2.45, 2.75) is 32.1 Å². The van der Waals surface area contributed by atoms with Crippen molar-refractivity contribution in [2.24, 2.45) is 23.5 Å². The van der Waals surface area contributed by atoms with E-state index >= 15 is 0 Å². The third-order valence-corrected chi connectivity index (χ3v) is 4.14. The van der Waals surface area contributed by atoms with Crippen LogP contribution < -0.4 is 5.73 Å². The zero-order valence-corrected chi connectivity index (χ0v) is 10.2. The molecule has 2 atom stereocenters. The Labute approximate surface area is 99.6 Å². The molecule has 2 fully saturated rings. The minimum atomic E-state index is 0.750. The molecule has 0 bridgehead atoms. The summed E-state index contributed by atoms with van der Waals surface area (Å²) in [5.74, 6) is 5.29. The van der Waals surface area contributed by atoms with E-state index in [0.717, 1.165) is 30.8 Å². The van der Waals surface area contributed by atoms with Gasteiger partial charge in [-0.15, -0.1) is 6.42 Å². The van der Waals surface area contributed by atoms with E-state index in [-0.39, 0.29) is 0 Å². The zero-order valence-electron chi connectivity index (χ0n) is 10.2. The summed E-state index contributed by atoms with van der Waals surface area (Å²) < 4.78 is 0. The molecule has 0 amide bonds. The van der Waals surface area contributed by atoms with Gasteiger partial charge in [0.1, 0.15) is 0 Å². The predicted octanol–water partition coefficient (Wildman–Crippen LogP) is 1.71. The highest BCUT2D eigenvalue weighted by Crippen LogP contribution is 2.33. The van der Waals surface area contributed by atoms with Crippen molar-refractivity contribution in [3.8, 4) is 12.3 Å². The Balaban J connectivity index is 1.81. The molecule has 2 aliphatic carbocycles. The lowest BCUT2D eigenvalue weighted by molar-refractivity contribution is 0.219.